The molecule has 1 aromatic heterocycles. The largest absolute Gasteiger partial charge is 0.305 e. The van der Waals surface area contributed by atoms with E-state index in [-0.39, 0.29) is 11.6 Å². The van der Waals surface area contributed by atoms with Gasteiger partial charge >= 0.3 is 0 Å². The van der Waals surface area contributed by atoms with Crippen molar-refractivity contribution >= 4 is 10.9 Å². The van der Waals surface area contributed by atoms with Gasteiger partial charge in [-0.25, -0.2) is 4.98 Å². The molecule has 18 heavy (non-hydrogen) atoms. The van der Waals surface area contributed by atoms with Crippen molar-refractivity contribution in [1.82, 2.24) is 14.9 Å². The first kappa shape index (κ1) is 12.8. The SMILES string of the molecule is CC(C)N[C@H](C)c1nc2ccccc2c(=O)n1C. The highest BCUT2D eigenvalue weighted by molar-refractivity contribution is 5.77. The van der Waals surface area contributed by atoms with Gasteiger partial charge in [0.1, 0.15) is 5.82 Å². The summed E-state index contributed by atoms with van der Waals surface area (Å²) < 4.78 is 1.63. The highest BCUT2D eigenvalue weighted by Gasteiger charge is 2.14. The van der Waals surface area contributed by atoms with E-state index < -0.39 is 0 Å². The molecule has 0 amide bonds. The Hall–Kier alpha value is -1.68. The van der Waals surface area contributed by atoms with Crippen LogP contribution in [0.5, 0.6) is 0 Å². The molecule has 96 valence electrons. The molecular weight excluding hydrogens is 226 g/mol. The summed E-state index contributed by atoms with van der Waals surface area (Å²) in [5, 5.41) is 4.04. The lowest BCUT2D eigenvalue weighted by molar-refractivity contribution is 0.471. The predicted octanol–water partition coefficient (Wildman–Crippen LogP) is 1.99. The Labute approximate surface area is 107 Å². The molecule has 0 saturated heterocycles. The van der Waals surface area contributed by atoms with E-state index in [1.165, 1.54) is 0 Å². The Balaban J connectivity index is 2.58. The van der Waals surface area contributed by atoms with Crippen LogP contribution in [0.1, 0.15) is 32.6 Å². The monoisotopic (exact) mass is 245 g/mol. The van der Waals surface area contributed by atoms with E-state index in [1.807, 2.05) is 31.2 Å². The topological polar surface area (TPSA) is 46.9 Å². The van der Waals surface area contributed by atoms with Gasteiger partial charge in [0.2, 0.25) is 0 Å². The van der Waals surface area contributed by atoms with Crippen molar-refractivity contribution in [2.24, 2.45) is 7.05 Å². The summed E-state index contributed by atoms with van der Waals surface area (Å²) >= 11 is 0. The summed E-state index contributed by atoms with van der Waals surface area (Å²) in [4.78, 5) is 16.8. The van der Waals surface area contributed by atoms with E-state index in [0.717, 1.165) is 11.3 Å². The maximum atomic E-state index is 12.2. The summed E-state index contributed by atoms with van der Waals surface area (Å²) in [7, 11) is 1.77. The number of fused-ring (bicyclic) bond motifs is 1. The first-order chi connectivity index (χ1) is 8.50. The van der Waals surface area contributed by atoms with Crippen molar-refractivity contribution < 1.29 is 0 Å². The molecule has 2 aromatic rings. The van der Waals surface area contributed by atoms with Crippen LogP contribution in [0.15, 0.2) is 29.1 Å². The fourth-order valence-corrected chi connectivity index (χ4v) is 2.20. The minimum atomic E-state index is 0.00741. The Bertz CT molecular complexity index is 616. The fraction of sp³-hybridized carbons (Fsp3) is 0.429. The van der Waals surface area contributed by atoms with Gasteiger partial charge in [0.15, 0.2) is 0 Å². The van der Waals surface area contributed by atoms with Crippen LogP contribution >= 0.6 is 0 Å². The van der Waals surface area contributed by atoms with Gasteiger partial charge in [0.05, 0.1) is 16.9 Å². The zero-order valence-electron chi connectivity index (χ0n) is 11.3. The third kappa shape index (κ3) is 2.29. The van der Waals surface area contributed by atoms with Gasteiger partial charge in [0.25, 0.3) is 5.56 Å². The number of rotatable bonds is 3. The van der Waals surface area contributed by atoms with Gasteiger partial charge in [-0.2, -0.15) is 0 Å². The van der Waals surface area contributed by atoms with Crippen LogP contribution in [0.3, 0.4) is 0 Å². The zero-order chi connectivity index (χ0) is 13.3. The lowest BCUT2D eigenvalue weighted by Crippen LogP contribution is -2.32. The van der Waals surface area contributed by atoms with Crippen molar-refractivity contribution in [3.8, 4) is 0 Å². The van der Waals surface area contributed by atoms with Gasteiger partial charge in [0, 0.05) is 13.1 Å². The first-order valence-corrected chi connectivity index (χ1v) is 6.22. The second-order valence-electron chi connectivity index (χ2n) is 4.89. The molecule has 0 bridgehead atoms. The Morgan fingerprint density at radius 3 is 2.56 bits per heavy atom. The average molecular weight is 245 g/mol. The molecule has 0 unspecified atom stereocenters. The molecule has 1 heterocycles. The molecule has 0 fully saturated rings. The third-order valence-electron chi connectivity index (χ3n) is 2.99. The molecule has 2 rings (SSSR count). The molecule has 1 atom stereocenters. The molecule has 4 nitrogen and oxygen atoms in total. The van der Waals surface area contributed by atoms with Crippen molar-refractivity contribution in [2.45, 2.75) is 32.9 Å². The second kappa shape index (κ2) is 4.90. The Morgan fingerprint density at radius 2 is 1.89 bits per heavy atom. The summed E-state index contributed by atoms with van der Waals surface area (Å²) in [6, 6.07) is 7.85. The van der Waals surface area contributed by atoms with E-state index >= 15 is 0 Å². The number of nitrogens with zero attached hydrogens (tertiary/aromatic N) is 2. The molecule has 0 aliphatic carbocycles. The van der Waals surface area contributed by atoms with E-state index in [9.17, 15) is 4.79 Å². The van der Waals surface area contributed by atoms with Crippen molar-refractivity contribution in [2.75, 3.05) is 0 Å². The number of hydrogen-bond acceptors (Lipinski definition) is 3. The maximum Gasteiger partial charge on any atom is 0.261 e. The van der Waals surface area contributed by atoms with Crippen molar-refractivity contribution in [3.05, 3.63) is 40.4 Å². The quantitative estimate of drug-likeness (QED) is 0.899. The van der Waals surface area contributed by atoms with Gasteiger partial charge in [-0.05, 0) is 19.1 Å². The van der Waals surface area contributed by atoms with Crippen LogP contribution in [0.4, 0.5) is 0 Å². The average Bonchev–Trinajstić information content (AvgIpc) is 2.33. The number of nitrogens with one attached hydrogen (secondary N) is 1. The summed E-state index contributed by atoms with van der Waals surface area (Å²) in [6.45, 7) is 6.18. The van der Waals surface area contributed by atoms with E-state index in [4.69, 9.17) is 0 Å². The number of aromatic nitrogens is 2. The maximum absolute atomic E-state index is 12.2. The summed E-state index contributed by atoms with van der Waals surface area (Å²) in [6.07, 6.45) is 0. The van der Waals surface area contributed by atoms with Crippen LogP contribution in [0.2, 0.25) is 0 Å². The number of para-hydroxylation sites is 1. The molecular formula is C14H19N3O. The molecule has 0 spiro atoms. The molecule has 0 saturated carbocycles. The second-order valence-corrected chi connectivity index (χ2v) is 4.89. The smallest absolute Gasteiger partial charge is 0.261 e. The third-order valence-corrected chi connectivity index (χ3v) is 2.99. The van der Waals surface area contributed by atoms with Gasteiger partial charge in [-0.15, -0.1) is 0 Å². The van der Waals surface area contributed by atoms with Crippen molar-refractivity contribution in [3.63, 3.8) is 0 Å². The summed E-state index contributed by atoms with van der Waals surface area (Å²) in [5.74, 6) is 0.771. The fourth-order valence-electron chi connectivity index (χ4n) is 2.20. The molecule has 1 aromatic carbocycles. The van der Waals surface area contributed by atoms with Gasteiger partial charge < -0.3 is 5.32 Å². The van der Waals surface area contributed by atoms with Crippen LogP contribution in [-0.2, 0) is 7.05 Å². The van der Waals surface area contributed by atoms with Crippen LogP contribution in [-0.4, -0.2) is 15.6 Å². The molecule has 0 aliphatic rings. The zero-order valence-corrected chi connectivity index (χ0v) is 11.3. The number of benzene rings is 1. The van der Waals surface area contributed by atoms with Crippen molar-refractivity contribution in [1.29, 1.82) is 0 Å². The predicted molar refractivity (Wildman–Crippen MR) is 73.7 cm³/mol. The summed E-state index contributed by atoms with van der Waals surface area (Å²) in [5.41, 5.74) is 0.765. The van der Waals surface area contributed by atoms with Crippen LogP contribution in [0, 0.1) is 0 Å². The molecule has 1 N–H and O–H groups in total. The molecule has 4 heteroatoms. The lowest BCUT2D eigenvalue weighted by Gasteiger charge is -2.19. The number of hydrogen-bond donors (Lipinski definition) is 1. The minimum absolute atomic E-state index is 0.00741. The normalized spacial score (nSPS) is 13.2. The lowest BCUT2D eigenvalue weighted by atomic mass is 10.2. The van der Waals surface area contributed by atoms with Crippen LogP contribution < -0.4 is 10.9 Å². The van der Waals surface area contributed by atoms with Crippen LogP contribution in [0.25, 0.3) is 10.9 Å². The van der Waals surface area contributed by atoms with E-state index in [1.54, 1.807) is 11.6 Å². The first-order valence-electron chi connectivity index (χ1n) is 6.22. The Morgan fingerprint density at radius 1 is 1.22 bits per heavy atom. The highest BCUT2D eigenvalue weighted by atomic mass is 16.1. The van der Waals surface area contributed by atoms with E-state index in [2.05, 4.69) is 24.1 Å². The Kier molecular flexibility index (Phi) is 3.48. The van der Waals surface area contributed by atoms with Gasteiger partial charge in [-0.1, -0.05) is 26.0 Å². The highest BCUT2D eigenvalue weighted by Crippen LogP contribution is 2.13. The van der Waals surface area contributed by atoms with E-state index in [0.29, 0.717) is 11.4 Å². The minimum Gasteiger partial charge on any atom is -0.305 e. The standard InChI is InChI=1S/C14H19N3O/c1-9(2)15-10(3)13-16-12-8-6-5-7-11(12)14(18)17(13)4/h5-10,15H,1-4H3/t10-/m1/s1. The molecule has 0 aliphatic heterocycles. The molecule has 0 radical (unpaired) electrons. The van der Waals surface area contributed by atoms with Gasteiger partial charge in [-0.3, -0.25) is 9.36 Å².